The third-order valence-electron chi connectivity index (χ3n) is 5.61. The molecule has 1 heterocycles. The highest BCUT2D eigenvalue weighted by Gasteiger charge is 2.23. The molecular formula is C24H33N3O4. The van der Waals surface area contributed by atoms with Crippen LogP contribution in [0.15, 0.2) is 42.5 Å². The third kappa shape index (κ3) is 6.60. The van der Waals surface area contributed by atoms with E-state index in [4.69, 9.17) is 9.47 Å². The molecular weight excluding hydrogens is 394 g/mol. The van der Waals surface area contributed by atoms with Crippen LogP contribution in [0.1, 0.15) is 24.0 Å². The van der Waals surface area contributed by atoms with E-state index < -0.39 is 6.10 Å². The van der Waals surface area contributed by atoms with Crippen molar-refractivity contribution in [3.8, 4) is 11.5 Å². The van der Waals surface area contributed by atoms with Gasteiger partial charge in [0.2, 0.25) is 0 Å². The maximum Gasteiger partial charge on any atom is 0.319 e. The first-order valence-electron chi connectivity index (χ1n) is 10.8. The van der Waals surface area contributed by atoms with E-state index >= 15 is 0 Å². The molecule has 2 aromatic carbocycles. The molecule has 1 saturated heterocycles. The highest BCUT2D eigenvalue weighted by atomic mass is 16.5. The molecule has 2 amide bonds. The van der Waals surface area contributed by atoms with Crippen molar-refractivity contribution in [1.29, 1.82) is 0 Å². The molecule has 3 N–H and O–H groups in total. The van der Waals surface area contributed by atoms with Crippen LogP contribution in [0.5, 0.6) is 11.5 Å². The SMILES string of the molecule is COc1ccccc1OC[C@H](O)CN1CCC(NC(=O)Nc2c(C)cccc2C)CC1. The topological polar surface area (TPSA) is 83.1 Å². The van der Waals surface area contributed by atoms with Crippen LogP contribution in [0.25, 0.3) is 0 Å². The number of aliphatic hydroxyl groups excluding tert-OH is 1. The first-order valence-corrected chi connectivity index (χ1v) is 10.8. The lowest BCUT2D eigenvalue weighted by atomic mass is 10.0. The second kappa shape index (κ2) is 11.0. The number of para-hydroxylation sites is 3. The molecule has 1 fully saturated rings. The summed E-state index contributed by atoms with van der Waals surface area (Å²) in [6.45, 7) is 6.36. The van der Waals surface area contributed by atoms with Gasteiger partial charge in [-0.2, -0.15) is 0 Å². The fraction of sp³-hybridized carbons (Fsp3) is 0.458. The van der Waals surface area contributed by atoms with Crippen molar-refractivity contribution >= 4 is 11.7 Å². The van der Waals surface area contributed by atoms with Crippen molar-refractivity contribution in [3.63, 3.8) is 0 Å². The summed E-state index contributed by atoms with van der Waals surface area (Å²) in [7, 11) is 1.60. The van der Waals surface area contributed by atoms with Crippen molar-refractivity contribution in [1.82, 2.24) is 10.2 Å². The molecule has 1 atom stereocenters. The normalized spacial score (nSPS) is 15.9. The van der Waals surface area contributed by atoms with Gasteiger partial charge in [0.15, 0.2) is 11.5 Å². The molecule has 0 saturated carbocycles. The van der Waals surface area contributed by atoms with Crippen molar-refractivity contribution < 1.29 is 19.4 Å². The van der Waals surface area contributed by atoms with Crippen molar-refractivity contribution in [3.05, 3.63) is 53.6 Å². The number of carbonyl (C=O) groups excluding carboxylic acids is 1. The number of hydrogen-bond acceptors (Lipinski definition) is 5. The fourth-order valence-electron chi connectivity index (χ4n) is 3.88. The Morgan fingerprint density at radius 1 is 1.10 bits per heavy atom. The minimum Gasteiger partial charge on any atom is -0.493 e. The quantitative estimate of drug-likeness (QED) is 0.602. The molecule has 0 radical (unpaired) electrons. The molecule has 1 aliphatic heterocycles. The van der Waals surface area contributed by atoms with Gasteiger partial charge in [-0.3, -0.25) is 0 Å². The predicted octanol–water partition coefficient (Wildman–Crippen LogP) is 3.34. The lowest BCUT2D eigenvalue weighted by molar-refractivity contribution is 0.0576. The smallest absolute Gasteiger partial charge is 0.319 e. The molecule has 0 aliphatic carbocycles. The van der Waals surface area contributed by atoms with Gasteiger partial charge in [0.25, 0.3) is 0 Å². The van der Waals surface area contributed by atoms with Gasteiger partial charge >= 0.3 is 6.03 Å². The van der Waals surface area contributed by atoms with Crippen LogP contribution >= 0.6 is 0 Å². The van der Waals surface area contributed by atoms with Gasteiger partial charge in [-0.1, -0.05) is 30.3 Å². The number of aryl methyl sites for hydroxylation is 2. The van der Waals surface area contributed by atoms with E-state index in [0.717, 1.165) is 42.7 Å². The van der Waals surface area contributed by atoms with E-state index in [9.17, 15) is 9.90 Å². The Kier molecular flexibility index (Phi) is 8.14. The number of hydrogen-bond donors (Lipinski definition) is 3. The molecule has 0 spiro atoms. The molecule has 31 heavy (non-hydrogen) atoms. The Morgan fingerprint density at radius 3 is 2.39 bits per heavy atom. The summed E-state index contributed by atoms with van der Waals surface area (Å²) in [5.41, 5.74) is 2.97. The summed E-state index contributed by atoms with van der Waals surface area (Å²) in [5, 5.41) is 16.4. The Morgan fingerprint density at radius 2 is 1.74 bits per heavy atom. The number of likely N-dealkylation sites (tertiary alicyclic amines) is 1. The number of carbonyl (C=O) groups is 1. The Bertz CT molecular complexity index is 845. The Balaban J connectivity index is 1.38. The number of benzene rings is 2. The molecule has 0 aromatic heterocycles. The summed E-state index contributed by atoms with van der Waals surface area (Å²) < 4.78 is 11.0. The van der Waals surface area contributed by atoms with E-state index in [-0.39, 0.29) is 18.7 Å². The fourth-order valence-corrected chi connectivity index (χ4v) is 3.88. The molecule has 1 aliphatic rings. The summed E-state index contributed by atoms with van der Waals surface area (Å²) in [4.78, 5) is 14.6. The van der Waals surface area contributed by atoms with Crippen LogP contribution in [0, 0.1) is 13.8 Å². The zero-order chi connectivity index (χ0) is 22.2. The number of nitrogens with zero attached hydrogens (tertiary/aromatic N) is 1. The Labute approximate surface area is 184 Å². The third-order valence-corrected chi connectivity index (χ3v) is 5.61. The zero-order valence-corrected chi connectivity index (χ0v) is 18.6. The number of amides is 2. The molecule has 0 unspecified atom stereocenters. The molecule has 2 aromatic rings. The van der Waals surface area contributed by atoms with E-state index in [0.29, 0.717) is 18.0 Å². The van der Waals surface area contributed by atoms with Crippen LogP contribution in [-0.4, -0.2) is 61.5 Å². The first-order chi connectivity index (χ1) is 15.0. The van der Waals surface area contributed by atoms with Crippen LogP contribution in [0.2, 0.25) is 0 Å². The monoisotopic (exact) mass is 427 g/mol. The number of methoxy groups -OCH3 is 1. The maximum atomic E-state index is 12.4. The summed E-state index contributed by atoms with van der Waals surface area (Å²) in [6, 6.07) is 13.3. The molecule has 7 nitrogen and oxygen atoms in total. The molecule has 3 rings (SSSR count). The highest BCUT2D eigenvalue weighted by Crippen LogP contribution is 2.26. The lowest BCUT2D eigenvalue weighted by Gasteiger charge is -2.33. The number of ether oxygens (including phenoxy) is 2. The van der Waals surface area contributed by atoms with Gasteiger partial charge in [0, 0.05) is 31.4 Å². The first kappa shape index (κ1) is 22.9. The largest absolute Gasteiger partial charge is 0.493 e. The molecule has 0 bridgehead atoms. The van der Waals surface area contributed by atoms with Gasteiger partial charge in [0.1, 0.15) is 12.7 Å². The summed E-state index contributed by atoms with van der Waals surface area (Å²) in [5.74, 6) is 1.28. The van der Waals surface area contributed by atoms with E-state index in [1.165, 1.54) is 0 Å². The minimum atomic E-state index is -0.596. The molecule has 168 valence electrons. The van der Waals surface area contributed by atoms with Gasteiger partial charge in [-0.15, -0.1) is 0 Å². The standard InChI is InChI=1S/C24H33N3O4/c1-17-7-6-8-18(2)23(17)26-24(29)25-19-11-13-27(14-12-19)15-20(28)16-31-22-10-5-4-9-21(22)30-3/h4-10,19-20,28H,11-16H2,1-3H3,(H2,25,26,29)/t20-/m1/s1. The predicted molar refractivity (Wildman–Crippen MR) is 122 cm³/mol. The average molecular weight is 428 g/mol. The van der Waals surface area contributed by atoms with Gasteiger partial charge < -0.3 is 30.1 Å². The van der Waals surface area contributed by atoms with Crippen LogP contribution in [0.3, 0.4) is 0 Å². The van der Waals surface area contributed by atoms with E-state index in [2.05, 4.69) is 15.5 Å². The highest BCUT2D eigenvalue weighted by molar-refractivity contribution is 5.91. The van der Waals surface area contributed by atoms with Gasteiger partial charge in [-0.05, 0) is 49.9 Å². The van der Waals surface area contributed by atoms with Crippen LogP contribution < -0.4 is 20.1 Å². The second-order valence-corrected chi connectivity index (χ2v) is 8.06. The number of rotatable bonds is 8. The number of piperidine rings is 1. The maximum absolute atomic E-state index is 12.4. The molecule has 7 heteroatoms. The minimum absolute atomic E-state index is 0.127. The average Bonchev–Trinajstić information content (AvgIpc) is 2.76. The van der Waals surface area contributed by atoms with E-state index in [1.807, 2.05) is 56.3 Å². The Hall–Kier alpha value is -2.77. The van der Waals surface area contributed by atoms with Crippen molar-refractivity contribution in [2.75, 3.05) is 38.7 Å². The van der Waals surface area contributed by atoms with E-state index in [1.54, 1.807) is 7.11 Å². The number of aliphatic hydroxyl groups is 1. The van der Waals surface area contributed by atoms with Crippen molar-refractivity contribution in [2.24, 2.45) is 0 Å². The van der Waals surface area contributed by atoms with Crippen LogP contribution in [-0.2, 0) is 0 Å². The number of β-amino-alcohol motifs (C(OH)–C–C–N with tert-alkyl or cyclic N) is 1. The van der Waals surface area contributed by atoms with Crippen molar-refractivity contribution in [2.45, 2.75) is 38.8 Å². The summed E-state index contributed by atoms with van der Waals surface area (Å²) in [6.07, 6.45) is 1.10. The van der Waals surface area contributed by atoms with Crippen LogP contribution in [0.4, 0.5) is 10.5 Å². The number of anilines is 1. The number of urea groups is 1. The number of nitrogens with one attached hydrogen (secondary N) is 2. The van der Waals surface area contributed by atoms with Gasteiger partial charge in [-0.25, -0.2) is 4.79 Å². The second-order valence-electron chi connectivity index (χ2n) is 8.06. The summed E-state index contributed by atoms with van der Waals surface area (Å²) >= 11 is 0. The zero-order valence-electron chi connectivity index (χ0n) is 18.6. The lowest BCUT2D eigenvalue weighted by Crippen LogP contribution is -2.48. The van der Waals surface area contributed by atoms with Gasteiger partial charge in [0.05, 0.1) is 7.11 Å².